The van der Waals surface area contributed by atoms with Crippen molar-refractivity contribution in [2.75, 3.05) is 6.61 Å². The van der Waals surface area contributed by atoms with Crippen molar-refractivity contribution in [2.24, 2.45) is 45.3 Å². The van der Waals surface area contributed by atoms with E-state index in [0.29, 0.717) is 22.3 Å². The molecule has 7 fully saturated rings. The number of ether oxygens (including phenoxy) is 2. The molecule has 6 saturated carbocycles. The first-order chi connectivity index (χ1) is 15.8. The first-order valence-electron chi connectivity index (χ1n) is 14.4. The molecule has 1 aliphatic heterocycles. The molecular weight excluding hydrogens is 410 g/mol. The summed E-state index contributed by atoms with van der Waals surface area (Å²) in [5.41, 5.74) is 1.82. The summed E-state index contributed by atoms with van der Waals surface area (Å²) in [6.07, 6.45) is 17.5. The van der Waals surface area contributed by atoms with Gasteiger partial charge in [0.25, 0.3) is 0 Å². The quantitative estimate of drug-likeness (QED) is 0.519. The van der Waals surface area contributed by atoms with Crippen LogP contribution in [0, 0.1) is 45.3 Å². The number of amides is 1. The second kappa shape index (κ2) is 6.92. The van der Waals surface area contributed by atoms with Gasteiger partial charge in [0.1, 0.15) is 6.10 Å². The third-order valence-electron chi connectivity index (χ3n) is 13.1. The first kappa shape index (κ1) is 21.5. The fraction of sp³-hybridized carbons (Fsp3) is 0.966. The Morgan fingerprint density at radius 2 is 1.73 bits per heavy atom. The van der Waals surface area contributed by atoms with Crippen molar-refractivity contribution < 1.29 is 14.3 Å². The van der Waals surface area contributed by atoms with E-state index >= 15 is 0 Å². The summed E-state index contributed by atoms with van der Waals surface area (Å²) >= 11 is 0. The third kappa shape index (κ3) is 2.71. The summed E-state index contributed by atoms with van der Waals surface area (Å²) in [5, 5.41) is 3.35. The SMILES string of the molecule is CC12CC[C@@]34C[C@@]35CC[C@H](NC(=O)OC3CCC3)C(C)(C)C5CCC4C1C[C@H]1OCCCC12. The molecule has 9 atom stereocenters. The minimum absolute atomic E-state index is 0.152. The van der Waals surface area contributed by atoms with Crippen molar-refractivity contribution in [1.29, 1.82) is 0 Å². The Labute approximate surface area is 200 Å². The predicted octanol–water partition coefficient (Wildman–Crippen LogP) is 6.47. The highest BCUT2D eigenvalue weighted by Crippen LogP contribution is 2.87. The second-order valence-corrected chi connectivity index (χ2v) is 14.2. The average Bonchev–Trinajstić information content (AvgIpc) is 3.33. The molecule has 4 nitrogen and oxygen atoms in total. The predicted molar refractivity (Wildman–Crippen MR) is 128 cm³/mol. The van der Waals surface area contributed by atoms with Crippen LogP contribution in [0.4, 0.5) is 4.79 Å². The number of carbonyl (C=O) groups is 1. The summed E-state index contributed by atoms with van der Waals surface area (Å²) in [6, 6.07) is 0.256. The van der Waals surface area contributed by atoms with E-state index in [1.165, 1.54) is 64.2 Å². The van der Waals surface area contributed by atoms with Gasteiger partial charge in [-0.2, -0.15) is 0 Å². The monoisotopic (exact) mass is 455 g/mol. The van der Waals surface area contributed by atoms with Crippen LogP contribution in [0.3, 0.4) is 0 Å². The molecule has 184 valence electrons. The van der Waals surface area contributed by atoms with Gasteiger partial charge in [-0.3, -0.25) is 0 Å². The highest BCUT2D eigenvalue weighted by Gasteiger charge is 2.80. The largest absolute Gasteiger partial charge is 0.446 e. The molecule has 1 saturated heterocycles. The van der Waals surface area contributed by atoms with Crippen molar-refractivity contribution in [3.05, 3.63) is 0 Å². The third-order valence-corrected chi connectivity index (χ3v) is 13.1. The molecule has 1 heterocycles. The van der Waals surface area contributed by atoms with Crippen molar-refractivity contribution in [2.45, 2.75) is 122 Å². The zero-order valence-electron chi connectivity index (χ0n) is 21.2. The topological polar surface area (TPSA) is 47.6 Å². The molecule has 0 radical (unpaired) electrons. The zero-order valence-corrected chi connectivity index (χ0v) is 21.2. The standard InChI is InChI=1S/C29H45NO3/c1-26(2)23-10-9-19-21-16-22-20(8-5-15-32-22)27(21,3)13-14-28(19)17-29(23,28)12-11-24(26)30-25(31)33-18-6-4-7-18/h18-24H,4-17H2,1-3H3,(H,30,31)/t19?,20?,21?,22-,23?,24+,27?,28+,29-/m1/s1. The minimum atomic E-state index is -0.157. The Morgan fingerprint density at radius 1 is 0.879 bits per heavy atom. The molecule has 7 rings (SSSR count). The van der Waals surface area contributed by atoms with Gasteiger partial charge in [-0.1, -0.05) is 20.8 Å². The first-order valence-corrected chi connectivity index (χ1v) is 14.4. The van der Waals surface area contributed by atoms with Gasteiger partial charge in [0.05, 0.1) is 6.10 Å². The second-order valence-electron chi connectivity index (χ2n) is 14.2. The number of nitrogens with one attached hydrogen (secondary N) is 1. The number of rotatable bonds is 2. The number of alkyl carbamates (subject to hydrolysis) is 1. The van der Waals surface area contributed by atoms with Gasteiger partial charge in [-0.25, -0.2) is 4.79 Å². The lowest BCUT2D eigenvalue weighted by Gasteiger charge is -2.59. The Balaban J connectivity index is 1.11. The lowest BCUT2D eigenvalue weighted by Crippen LogP contribution is -2.58. The van der Waals surface area contributed by atoms with Gasteiger partial charge in [0, 0.05) is 12.6 Å². The van der Waals surface area contributed by atoms with E-state index in [4.69, 9.17) is 9.47 Å². The molecule has 7 aliphatic rings. The van der Waals surface area contributed by atoms with E-state index in [2.05, 4.69) is 26.1 Å². The van der Waals surface area contributed by atoms with Gasteiger partial charge in [0.15, 0.2) is 0 Å². The Kier molecular flexibility index (Phi) is 4.51. The van der Waals surface area contributed by atoms with E-state index in [0.717, 1.165) is 49.5 Å². The molecule has 0 bridgehead atoms. The van der Waals surface area contributed by atoms with Crippen molar-refractivity contribution in [3.8, 4) is 0 Å². The lowest BCUT2D eigenvalue weighted by molar-refractivity contribution is -0.105. The van der Waals surface area contributed by atoms with E-state index in [-0.39, 0.29) is 23.7 Å². The van der Waals surface area contributed by atoms with Gasteiger partial charge in [-0.15, -0.1) is 0 Å². The molecular formula is C29H45NO3. The van der Waals surface area contributed by atoms with Gasteiger partial charge in [-0.05, 0) is 129 Å². The van der Waals surface area contributed by atoms with Crippen LogP contribution < -0.4 is 5.32 Å². The van der Waals surface area contributed by atoms with Crippen LogP contribution in [-0.2, 0) is 9.47 Å². The number of carbonyl (C=O) groups excluding carboxylic acids is 1. The average molecular weight is 456 g/mol. The maximum Gasteiger partial charge on any atom is 0.407 e. The summed E-state index contributed by atoms with van der Waals surface area (Å²) in [5.74, 6) is 3.37. The number of hydrogen-bond acceptors (Lipinski definition) is 3. The van der Waals surface area contributed by atoms with Gasteiger partial charge in [0.2, 0.25) is 0 Å². The molecule has 4 heteroatoms. The van der Waals surface area contributed by atoms with Crippen LogP contribution in [-0.4, -0.2) is 30.9 Å². The Bertz CT molecular complexity index is 837. The van der Waals surface area contributed by atoms with E-state index in [1.807, 2.05) is 0 Å². The fourth-order valence-electron chi connectivity index (χ4n) is 11.3. The Morgan fingerprint density at radius 3 is 2.52 bits per heavy atom. The normalized spacial score (nSPS) is 53.9. The molecule has 0 aromatic rings. The summed E-state index contributed by atoms with van der Waals surface area (Å²) in [7, 11) is 0. The molecule has 33 heavy (non-hydrogen) atoms. The van der Waals surface area contributed by atoms with Crippen LogP contribution in [0.5, 0.6) is 0 Å². The molecule has 2 spiro atoms. The highest BCUT2D eigenvalue weighted by molar-refractivity contribution is 5.68. The molecule has 6 aliphatic carbocycles. The molecule has 0 aromatic carbocycles. The Hall–Kier alpha value is -0.770. The van der Waals surface area contributed by atoms with Crippen LogP contribution in [0.2, 0.25) is 0 Å². The van der Waals surface area contributed by atoms with Crippen LogP contribution in [0.15, 0.2) is 0 Å². The zero-order chi connectivity index (χ0) is 22.6. The van der Waals surface area contributed by atoms with Gasteiger partial charge < -0.3 is 14.8 Å². The minimum Gasteiger partial charge on any atom is -0.446 e. The molecule has 0 aromatic heterocycles. The highest BCUT2D eigenvalue weighted by atomic mass is 16.6. The van der Waals surface area contributed by atoms with Gasteiger partial charge >= 0.3 is 6.09 Å². The molecule has 1 amide bonds. The van der Waals surface area contributed by atoms with Crippen molar-refractivity contribution in [1.82, 2.24) is 5.32 Å². The van der Waals surface area contributed by atoms with Crippen LogP contribution in [0.25, 0.3) is 0 Å². The fourth-order valence-corrected chi connectivity index (χ4v) is 11.3. The molecule has 1 N–H and O–H groups in total. The van der Waals surface area contributed by atoms with Crippen molar-refractivity contribution in [3.63, 3.8) is 0 Å². The van der Waals surface area contributed by atoms with Crippen LogP contribution in [0.1, 0.15) is 104 Å². The summed E-state index contributed by atoms with van der Waals surface area (Å²) in [6.45, 7) is 8.58. The summed E-state index contributed by atoms with van der Waals surface area (Å²) < 4.78 is 12.0. The van der Waals surface area contributed by atoms with E-state index in [9.17, 15) is 4.79 Å². The maximum absolute atomic E-state index is 12.6. The van der Waals surface area contributed by atoms with E-state index in [1.54, 1.807) is 0 Å². The maximum atomic E-state index is 12.6. The number of hydrogen-bond donors (Lipinski definition) is 1. The van der Waals surface area contributed by atoms with Crippen LogP contribution >= 0.6 is 0 Å². The summed E-state index contributed by atoms with van der Waals surface area (Å²) in [4.78, 5) is 12.6. The lowest BCUT2D eigenvalue weighted by atomic mass is 9.46. The molecule has 5 unspecified atom stereocenters. The smallest absolute Gasteiger partial charge is 0.407 e. The van der Waals surface area contributed by atoms with E-state index < -0.39 is 0 Å². The van der Waals surface area contributed by atoms with Crippen molar-refractivity contribution >= 4 is 6.09 Å². The number of fused-ring (bicyclic) bond motifs is 4.